The molecule has 2 aromatic rings. The number of halogens is 3. The second-order valence-corrected chi connectivity index (χ2v) is 6.69. The van der Waals surface area contributed by atoms with Gasteiger partial charge in [-0.15, -0.1) is 0 Å². The minimum atomic E-state index is -1.30. The number of hydrogen-bond donors (Lipinski definition) is 4. The molecule has 0 aliphatic rings. The highest BCUT2D eigenvalue weighted by Crippen LogP contribution is 2.20. The monoisotopic (exact) mass is 398 g/mol. The predicted octanol–water partition coefficient (Wildman–Crippen LogP) is 3.37. The van der Waals surface area contributed by atoms with Crippen molar-refractivity contribution in [1.82, 2.24) is 5.32 Å². The summed E-state index contributed by atoms with van der Waals surface area (Å²) < 4.78 is 27.7. The van der Waals surface area contributed by atoms with Crippen LogP contribution in [0.5, 0.6) is 0 Å². The largest absolute Gasteiger partial charge is 0.481 e. The van der Waals surface area contributed by atoms with Gasteiger partial charge in [0, 0.05) is 35.4 Å². The van der Waals surface area contributed by atoms with E-state index in [0.717, 1.165) is 12.1 Å². The fourth-order valence-corrected chi connectivity index (χ4v) is 2.71. The second-order valence-electron chi connectivity index (χ2n) is 6.25. The fourth-order valence-electron chi connectivity index (χ4n) is 2.51. The normalized spacial score (nSPS) is 13.2. The first-order chi connectivity index (χ1) is 12.8. The topological polar surface area (TPSA) is 81.6 Å². The molecule has 0 fully saturated rings. The summed E-state index contributed by atoms with van der Waals surface area (Å²) in [6, 6.07) is 8.94. The van der Waals surface area contributed by atoms with Gasteiger partial charge in [0.2, 0.25) is 0 Å². The van der Waals surface area contributed by atoms with Gasteiger partial charge in [0.1, 0.15) is 11.6 Å². The number of carboxylic acids is 1. The Kier molecular flexibility index (Phi) is 7.53. The fraction of sp³-hybridized carbons (Fsp3) is 0.316. The summed E-state index contributed by atoms with van der Waals surface area (Å²) in [5, 5.41) is 25.4. The molecule has 0 aliphatic heterocycles. The molecule has 27 heavy (non-hydrogen) atoms. The smallest absolute Gasteiger partial charge is 0.308 e. The van der Waals surface area contributed by atoms with Crippen molar-refractivity contribution >= 4 is 23.3 Å². The van der Waals surface area contributed by atoms with E-state index < -0.39 is 35.7 Å². The minimum Gasteiger partial charge on any atom is -0.481 e. The summed E-state index contributed by atoms with van der Waals surface area (Å²) in [6.07, 6.45) is -1.45. The van der Waals surface area contributed by atoms with Crippen LogP contribution in [-0.4, -0.2) is 35.3 Å². The summed E-state index contributed by atoms with van der Waals surface area (Å²) in [5.74, 6) is -3.11. The van der Waals surface area contributed by atoms with Crippen molar-refractivity contribution in [3.63, 3.8) is 0 Å². The number of benzene rings is 2. The number of anilines is 1. The summed E-state index contributed by atoms with van der Waals surface area (Å²) >= 11 is 5.90. The van der Waals surface area contributed by atoms with Crippen molar-refractivity contribution in [2.24, 2.45) is 0 Å². The maximum atomic E-state index is 13.9. The minimum absolute atomic E-state index is 0.108. The van der Waals surface area contributed by atoms with E-state index in [1.807, 2.05) is 6.92 Å². The number of hydrogen-bond acceptors (Lipinski definition) is 4. The Labute approximate surface area is 161 Å². The molecule has 0 saturated carbocycles. The lowest BCUT2D eigenvalue weighted by Crippen LogP contribution is -2.35. The van der Waals surface area contributed by atoms with Crippen LogP contribution >= 0.6 is 11.6 Å². The summed E-state index contributed by atoms with van der Waals surface area (Å²) in [7, 11) is 0. The molecule has 5 nitrogen and oxygen atoms in total. The Bertz CT molecular complexity index is 781. The van der Waals surface area contributed by atoms with E-state index in [2.05, 4.69) is 10.6 Å². The van der Waals surface area contributed by atoms with Gasteiger partial charge in [0.05, 0.1) is 12.5 Å². The molecule has 0 radical (unpaired) electrons. The third kappa shape index (κ3) is 6.46. The lowest BCUT2D eigenvalue weighted by Gasteiger charge is -2.19. The van der Waals surface area contributed by atoms with Crippen molar-refractivity contribution < 1.29 is 23.8 Å². The van der Waals surface area contributed by atoms with Crippen LogP contribution in [0.15, 0.2) is 36.4 Å². The Balaban J connectivity index is 1.86. The molecule has 0 spiro atoms. The average molecular weight is 399 g/mol. The Morgan fingerprint density at radius 3 is 2.44 bits per heavy atom. The van der Waals surface area contributed by atoms with E-state index in [4.69, 9.17) is 16.7 Å². The highest BCUT2D eigenvalue weighted by atomic mass is 35.5. The maximum Gasteiger partial charge on any atom is 0.308 e. The number of rotatable bonds is 9. The Morgan fingerprint density at radius 2 is 1.85 bits per heavy atom. The van der Waals surface area contributed by atoms with Crippen LogP contribution in [0.2, 0.25) is 5.02 Å². The summed E-state index contributed by atoms with van der Waals surface area (Å²) in [6.45, 7) is 2.48. The zero-order valence-electron chi connectivity index (χ0n) is 14.7. The number of nitrogens with one attached hydrogen (secondary N) is 2. The van der Waals surface area contributed by atoms with Crippen LogP contribution < -0.4 is 10.6 Å². The highest BCUT2D eigenvalue weighted by molar-refractivity contribution is 6.30. The van der Waals surface area contributed by atoms with Gasteiger partial charge in [-0.25, -0.2) is 8.78 Å². The first-order valence-electron chi connectivity index (χ1n) is 8.36. The predicted molar refractivity (Wildman–Crippen MR) is 100 cm³/mol. The van der Waals surface area contributed by atoms with Gasteiger partial charge in [-0.3, -0.25) is 4.79 Å². The molecule has 2 aromatic carbocycles. The van der Waals surface area contributed by atoms with E-state index >= 15 is 0 Å². The molecule has 0 aliphatic carbocycles. The molecule has 2 atom stereocenters. The second kappa shape index (κ2) is 9.64. The number of carbonyl (C=O) groups is 1. The molecule has 0 amide bonds. The Morgan fingerprint density at radius 1 is 1.19 bits per heavy atom. The first kappa shape index (κ1) is 21.1. The molecule has 0 unspecified atom stereocenters. The van der Waals surface area contributed by atoms with Crippen LogP contribution in [0.1, 0.15) is 24.2 Å². The van der Waals surface area contributed by atoms with Crippen LogP contribution in [0.4, 0.5) is 14.5 Å². The van der Waals surface area contributed by atoms with Crippen molar-refractivity contribution in [1.29, 1.82) is 0 Å². The van der Waals surface area contributed by atoms with Crippen molar-refractivity contribution in [3.05, 3.63) is 64.2 Å². The Hall–Kier alpha value is -2.22. The quantitative estimate of drug-likeness (QED) is 0.520. The zero-order valence-corrected chi connectivity index (χ0v) is 15.4. The summed E-state index contributed by atoms with van der Waals surface area (Å²) in [4.78, 5) is 10.6. The van der Waals surface area contributed by atoms with Gasteiger partial charge in [-0.05, 0) is 36.8 Å². The maximum absolute atomic E-state index is 13.9. The molecule has 8 heteroatoms. The third-order valence-electron chi connectivity index (χ3n) is 3.97. The van der Waals surface area contributed by atoms with Gasteiger partial charge in [0.15, 0.2) is 0 Å². The van der Waals surface area contributed by atoms with E-state index in [0.29, 0.717) is 17.1 Å². The van der Waals surface area contributed by atoms with E-state index in [-0.39, 0.29) is 18.3 Å². The molecule has 0 heterocycles. The van der Waals surface area contributed by atoms with Gasteiger partial charge in [-0.2, -0.15) is 0 Å². The lowest BCUT2D eigenvalue weighted by atomic mass is 10.1. The van der Waals surface area contributed by atoms with Crippen molar-refractivity contribution in [3.8, 4) is 0 Å². The SMILES string of the molecule is C[C@H](CNc1cc(F)c(CC(=O)O)c(F)c1)NC[C@H](O)c1cccc(Cl)c1. The van der Waals surface area contributed by atoms with Gasteiger partial charge >= 0.3 is 5.97 Å². The number of aliphatic hydroxyl groups is 1. The van der Waals surface area contributed by atoms with Gasteiger partial charge in [-0.1, -0.05) is 23.7 Å². The zero-order chi connectivity index (χ0) is 20.0. The molecule has 0 aromatic heterocycles. The van der Waals surface area contributed by atoms with Gasteiger partial charge < -0.3 is 20.8 Å². The average Bonchev–Trinajstić information content (AvgIpc) is 2.60. The molecular weight excluding hydrogens is 378 g/mol. The number of aliphatic carboxylic acids is 1. The lowest BCUT2D eigenvalue weighted by molar-refractivity contribution is -0.136. The number of carboxylic acid groups (broad SMARTS) is 1. The molecule has 0 saturated heterocycles. The molecule has 146 valence electrons. The van der Waals surface area contributed by atoms with Crippen LogP contribution in [0, 0.1) is 11.6 Å². The van der Waals surface area contributed by atoms with Gasteiger partial charge in [0.25, 0.3) is 0 Å². The van der Waals surface area contributed by atoms with Crippen LogP contribution in [0.25, 0.3) is 0 Å². The molecule has 4 N–H and O–H groups in total. The van der Waals surface area contributed by atoms with Crippen molar-refractivity contribution in [2.75, 3.05) is 18.4 Å². The van der Waals surface area contributed by atoms with E-state index in [1.165, 1.54) is 0 Å². The molecule has 2 rings (SSSR count). The summed E-state index contributed by atoms with van der Waals surface area (Å²) in [5.41, 5.74) is 0.431. The highest BCUT2D eigenvalue weighted by Gasteiger charge is 2.15. The number of aliphatic hydroxyl groups excluding tert-OH is 1. The third-order valence-corrected chi connectivity index (χ3v) is 4.21. The van der Waals surface area contributed by atoms with E-state index in [1.54, 1.807) is 24.3 Å². The van der Waals surface area contributed by atoms with Crippen LogP contribution in [0.3, 0.4) is 0 Å². The molecular formula is C19H21ClF2N2O3. The standard InChI is InChI=1S/C19H21ClF2N2O3/c1-11(23-10-18(25)12-3-2-4-13(20)5-12)9-24-14-6-16(21)15(8-19(26)27)17(22)7-14/h2-7,11,18,23-25H,8-10H2,1H3,(H,26,27)/t11-,18+/m1/s1. The van der Waals surface area contributed by atoms with Crippen LogP contribution in [-0.2, 0) is 11.2 Å². The van der Waals surface area contributed by atoms with Crippen molar-refractivity contribution in [2.45, 2.75) is 25.5 Å². The first-order valence-corrected chi connectivity index (χ1v) is 8.74. The van der Waals surface area contributed by atoms with E-state index in [9.17, 15) is 18.7 Å². The molecule has 0 bridgehead atoms.